The molecule has 0 amide bonds. The highest BCUT2D eigenvalue weighted by Gasteiger charge is 2.46. The van der Waals surface area contributed by atoms with E-state index in [1.165, 1.54) is 0 Å². The number of rotatable bonds is 6. The van der Waals surface area contributed by atoms with E-state index in [4.69, 9.17) is 0 Å². The van der Waals surface area contributed by atoms with Crippen molar-refractivity contribution in [3.8, 4) is 0 Å². The fourth-order valence-corrected chi connectivity index (χ4v) is 18.0. The minimum absolute atomic E-state index is 0.0583. The third kappa shape index (κ3) is 4.69. The van der Waals surface area contributed by atoms with E-state index in [0.717, 1.165) is 24.9 Å². The first-order chi connectivity index (χ1) is 16.2. The maximum atomic E-state index is 14.7. The Morgan fingerprint density at radius 1 is 0.543 bits per heavy atom. The van der Waals surface area contributed by atoms with E-state index in [9.17, 15) is 43.9 Å². The first kappa shape index (κ1) is 27.8. The summed E-state index contributed by atoms with van der Waals surface area (Å²) in [6.45, 7) is 4.30. The molecule has 1 unspecified atom stereocenters. The number of hydrogen-bond donors (Lipinski definition) is 0. The van der Waals surface area contributed by atoms with Gasteiger partial charge in [-0.05, 0) is 0 Å². The number of benzene rings is 2. The fraction of sp³-hybridized carbons (Fsp3) is 0.455. The van der Waals surface area contributed by atoms with Gasteiger partial charge < -0.3 is 0 Å². The predicted octanol–water partition coefficient (Wildman–Crippen LogP) is 6.74. The predicted molar refractivity (Wildman–Crippen MR) is 120 cm³/mol. The molecule has 1 aliphatic heterocycles. The highest BCUT2D eigenvalue weighted by molar-refractivity contribution is 7.41. The zero-order valence-electron chi connectivity index (χ0n) is 19.3. The molecular formula is C22H23BF10Si2. The number of halogens is 10. The van der Waals surface area contributed by atoms with Crippen LogP contribution in [0, 0.1) is 58.2 Å². The van der Waals surface area contributed by atoms with Crippen molar-refractivity contribution in [1.29, 1.82) is 0 Å². The molecule has 1 saturated heterocycles. The van der Waals surface area contributed by atoms with Gasteiger partial charge in [-0.3, -0.25) is 0 Å². The van der Waals surface area contributed by atoms with Crippen LogP contribution in [0.5, 0.6) is 0 Å². The van der Waals surface area contributed by atoms with E-state index < -0.39 is 97.3 Å². The minimum Gasteiger partial charge on any atom is -0.204 e. The molecule has 0 aliphatic carbocycles. The van der Waals surface area contributed by atoms with Crippen molar-refractivity contribution in [2.75, 3.05) is 0 Å². The summed E-state index contributed by atoms with van der Waals surface area (Å²) in [5, 5.41) is 0. The normalized spacial score (nSPS) is 19.8. The van der Waals surface area contributed by atoms with Gasteiger partial charge in [-0.25, -0.2) is 43.9 Å². The highest BCUT2D eigenvalue weighted by atomic mass is 29.3. The van der Waals surface area contributed by atoms with Gasteiger partial charge in [-0.1, -0.05) is 63.4 Å². The van der Waals surface area contributed by atoms with Crippen LogP contribution >= 0.6 is 0 Å². The van der Waals surface area contributed by atoms with Crippen LogP contribution in [0.15, 0.2) is 0 Å². The third-order valence-corrected chi connectivity index (χ3v) is 27.7. The molecule has 2 aromatic rings. The molecule has 2 aromatic carbocycles. The largest absolute Gasteiger partial charge is 0.225 e. The maximum Gasteiger partial charge on any atom is 0.225 e. The summed E-state index contributed by atoms with van der Waals surface area (Å²) in [6.07, 6.45) is 1.55. The third-order valence-electron chi connectivity index (χ3n) is 7.82. The van der Waals surface area contributed by atoms with Crippen LogP contribution in [0.3, 0.4) is 0 Å². The van der Waals surface area contributed by atoms with Gasteiger partial charge in [0.2, 0.25) is 6.71 Å². The zero-order valence-corrected chi connectivity index (χ0v) is 21.3. The second-order valence-electron chi connectivity index (χ2n) is 10.1. The lowest BCUT2D eigenvalue weighted by Crippen LogP contribution is -2.58. The maximum absolute atomic E-state index is 14.7. The van der Waals surface area contributed by atoms with Crippen LogP contribution in [0.4, 0.5) is 43.9 Å². The Kier molecular flexibility index (Phi) is 7.91. The summed E-state index contributed by atoms with van der Waals surface area (Å²) in [5.41, 5.74) is -3.23. The second kappa shape index (κ2) is 9.95. The molecule has 1 heterocycles. The summed E-state index contributed by atoms with van der Waals surface area (Å²) >= 11 is 0. The summed E-state index contributed by atoms with van der Waals surface area (Å²) in [7, 11) is -3.57. The van der Waals surface area contributed by atoms with E-state index in [2.05, 4.69) is 19.6 Å². The van der Waals surface area contributed by atoms with Crippen molar-refractivity contribution in [1.82, 2.24) is 0 Å². The van der Waals surface area contributed by atoms with Gasteiger partial charge in [0.05, 0.1) is 0 Å². The van der Waals surface area contributed by atoms with Gasteiger partial charge in [0.1, 0.15) is 0 Å². The molecule has 0 saturated carbocycles. The molecule has 0 aromatic heterocycles. The Morgan fingerprint density at radius 3 is 1.26 bits per heavy atom. The summed E-state index contributed by atoms with van der Waals surface area (Å²) < 4.78 is 142. The van der Waals surface area contributed by atoms with Crippen LogP contribution in [-0.4, -0.2) is 21.9 Å². The summed E-state index contributed by atoms with van der Waals surface area (Å²) in [4.78, 5) is 0. The van der Waals surface area contributed by atoms with Crippen molar-refractivity contribution in [2.24, 2.45) is 0 Å². The smallest absolute Gasteiger partial charge is 0.204 e. The zero-order chi connectivity index (χ0) is 26.5. The highest BCUT2D eigenvalue weighted by Crippen LogP contribution is 2.39. The fourth-order valence-electron chi connectivity index (χ4n) is 5.17. The molecular weight excluding hydrogens is 521 g/mol. The van der Waals surface area contributed by atoms with Gasteiger partial charge in [-0.2, -0.15) is 0 Å². The quantitative estimate of drug-likeness (QED) is 0.164. The molecule has 35 heavy (non-hydrogen) atoms. The molecule has 0 nitrogen and oxygen atoms in total. The van der Waals surface area contributed by atoms with Crippen LogP contribution in [0.25, 0.3) is 0 Å². The molecule has 13 heteroatoms. The van der Waals surface area contributed by atoms with Crippen molar-refractivity contribution in [2.45, 2.75) is 63.4 Å². The molecule has 3 rings (SSSR count). The van der Waals surface area contributed by atoms with Crippen molar-refractivity contribution >= 4 is 32.8 Å². The summed E-state index contributed by atoms with van der Waals surface area (Å²) in [5.74, 6) is -23.9. The van der Waals surface area contributed by atoms with Crippen molar-refractivity contribution in [3.63, 3.8) is 0 Å². The van der Waals surface area contributed by atoms with Gasteiger partial charge in [0, 0.05) is 26.1 Å². The SMILES string of the molecule is C[Si]1(C)CCCC[Si]1(C)CCCB(c1c(F)c(F)c(F)c(F)c1F)c1c(F)c(F)c(F)c(F)c1F. The van der Waals surface area contributed by atoms with E-state index in [1.54, 1.807) is 0 Å². The standard InChI is InChI=1S/C22H23BF10Si2/c1-34(2)8-4-5-9-35(34,3)10-6-7-23(11-13(24)17(28)21(32)18(29)14(11)25)12-15(26)19(30)22(33)20(31)16(12)27/h4-10H2,1-3H3. The van der Waals surface area contributed by atoms with Gasteiger partial charge >= 0.3 is 0 Å². The topological polar surface area (TPSA) is 0 Å². The molecule has 0 N–H and O–H groups in total. The average Bonchev–Trinajstić information content (AvgIpc) is 2.80. The Morgan fingerprint density at radius 2 is 0.886 bits per heavy atom. The van der Waals surface area contributed by atoms with Crippen molar-refractivity contribution < 1.29 is 43.9 Å². The molecule has 0 bridgehead atoms. The van der Waals surface area contributed by atoms with E-state index in [0.29, 0.717) is 6.04 Å². The van der Waals surface area contributed by atoms with Crippen LogP contribution in [-0.2, 0) is 0 Å². The lowest BCUT2D eigenvalue weighted by molar-refractivity contribution is 0.382. The van der Waals surface area contributed by atoms with E-state index in [1.807, 2.05) is 0 Å². The van der Waals surface area contributed by atoms with Crippen molar-refractivity contribution in [3.05, 3.63) is 58.2 Å². The second-order valence-corrected chi connectivity index (χ2v) is 26.1. The van der Waals surface area contributed by atoms with Gasteiger partial charge in [0.25, 0.3) is 0 Å². The van der Waals surface area contributed by atoms with Crippen LogP contribution in [0.1, 0.15) is 19.3 Å². The van der Waals surface area contributed by atoms with Gasteiger partial charge in [-0.15, -0.1) is 0 Å². The van der Waals surface area contributed by atoms with Crippen LogP contribution in [0.2, 0.25) is 44.1 Å². The summed E-state index contributed by atoms with van der Waals surface area (Å²) in [6, 6.07) is 2.56. The first-order valence-corrected chi connectivity index (χ1v) is 18.3. The van der Waals surface area contributed by atoms with Gasteiger partial charge in [0.15, 0.2) is 58.2 Å². The molecule has 1 atom stereocenters. The number of hydrogen-bond acceptors (Lipinski definition) is 0. The Labute approximate surface area is 198 Å². The van der Waals surface area contributed by atoms with Crippen LogP contribution < -0.4 is 10.9 Å². The average molecular weight is 544 g/mol. The molecule has 192 valence electrons. The Hall–Kier alpha value is -1.76. The van der Waals surface area contributed by atoms with E-state index >= 15 is 0 Å². The monoisotopic (exact) mass is 544 g/mol. The lowest BCUT2D eigenvalue weighted by atomic mass is 9.37. The molecule has 0 spiro atoms. The van der Waals surface area contributed by atoms with E-state index in [-0.39, 0.29) is 6.42 Å². The Balaban J connectivity index is 2.15. The first-order valence-electron chi connectivity index (χ1n) is 11.2. The Bertz CT molecular complexity index is 1030. The molecule has 1 aliphatic rings. The minimum atomic E-state index is -2.49. The molecule has 1 fully saturated rings. The lowest BCUT2D eigenvalue weighted by Gasteiger charge is -2.45. The molecule has 0 radical (unpaired) electrons.